The molecule has 3 saturated heterocycles. The summed E-state index contributed by atoms with van der Waals surface area (Å²) in [7, 11) is 0. The zero-order chi connectivity index (χ0) is 12.5. The molecule has 1 N–H and O–H groups in total. The summed E-state index contributed by atoms with van der Waals surface area (Å²) in [6.45, 7) is 4.12. The SMILES string of the molecule is O=C1CCCN1C(=O)CN1CCCC2CNCC21. The molecule has 2 unspecified atom stereocenters. The highest BCUT2D eigenvalue weighted by Gasteiger charge is 2.37. The van der Waals surface area contributed by atoms with Crippen molar-refractivity contribution in [2.24, 2.45) is 5.92 Å². The molecule has 5 heteroatoms. The van der Waals surface area contributed by atoms with Gasteiger partial charge in [0.15, 0.2) is 0 Å². The average Bonchev–Trinajstić information content (AvgIpc) is 2.97. The molecule has 2 amide bonds. The molecule has 0 spiro atoms. The van der Waals surface area contributed by atoms with E-state index < -0.39 is 0 Å². The second kappa shape index (κ2) is 4.97. The Morgan fingerprint density at radius 1 is 1.28 bits per heavy atom. The van der Waals surface area contributed by atoms with Gasteiger partial charge in [0.05, 0.1) is 6.54 Å². The van der Waals surface area contributed by atoms with Crippen molar-refractivity contribution in [2.45, 2.75) is 31.7 Å². The fraction of sp³-hybridized carbons (Fsp3) is 0.846. The number of nitrogens with one attached hydrogen (secondary N) is 1. The van der Waals surface area contributed by atoms with Crippen LogP contribution < -0.4 is 5.32 Å². The summed E-state index contributed by atoms with van der Waals surface area (Å²) >= 11 is 0. The van der Waals surface area contributed by atoms with Gasteiger partial charge < -0.3 is 5.32 Å². The summed E-state index contributed by atoms with van der Waals surface area (Å²) in [5.41, 5.74) is 0. The van der Waals surface area contributed by atoms with Crippen molar-refractivity contribution in [1.82, 2.24) is 15.1 Å². The lowest BCUT2D eigenvalue weighted by molar-refractivity contribution is -0.143. The summed E-state index contributed by atoms with van der Waals surface area (Å²) in [6.07, 6.45) is 3.81. The van der Waals surface area contributed by atoms with Crippen LogP contribution in [0.5, 0.6) is 0 Å². The zero-order valence-electron chi connectivity index (χ0n) is 10.7. The number of rotatable bonds is 2. The number of nitrogens with zero attached hydrogens (tertiary/aromatic N) is 2. The summed E-state index contributed by atoms with van der Waals surface area (Å²) in [4.78, 5) is 27.4. The van der Waals surface area contributed by atoms with Crippen LogP contribution in [0.25, 0.3) is 0 Å². The molecule has 2 atom stereocenters. The first-order valence-electron chi connectivity index (χ1n) is 7.03. The number of hydrogen-bond acceptors (Lipinski definition) is 4. The molecule has 3 aliphatic heterocycles. The van der Waals surface area contributed by atoms with E-state index in [9.17, 15) is 9.59 Å². The fourth-order valence-corrected chi connectivity index (χ4v) is 3.53. The summed E-state index contributed by atoms with van der Waals surface area (Å²) in [5.74, 6) is 0.712. The van der Waals surface area contributed by atoms with Gasteiger partial charge in [-0.15, -0.1) is 0 Å². The molecule has 3 aliphatic rings. The van der Waals surface area contributed by atoms with Crippen LogP contribution >= 0.6 is 0 Å². The number of piperidine rings is 1. The lowest BCUT2D eigenvalue weighted by Gasteiger charge is -2.37. The lowest BCUT2D eigenvalue weighted by atomic mass is 9.92. The number of fused-ring (bicyclic) bond motifs is 1. The van der Waals surface area contributed by atoms with E-state index in [1.54, 1.807) is 0 Å². The van der Waals surface area contributed by atoms with Gasteiger partial charge in [-0.1, -0.05) is 0 Å². The van der Waals surface area contributed by atoms with Crippen LogP contribution in [0.2, 0.25) is 0 Å². The molecular weight excluding hydrogens is 230 g/mol. The van der Waals surface area contributed by atoms with Crippen LogP contribution in [0.1, 0.15) is 25.7 Å². The third-order valence-electron chi connectivity index (χ3n) is 4.51. The number of imide groups is 1. The smallest absolute Gasteiger partial charge is 0.243 e. The molecule has 0 saturated carbocycles. The van der Waals surface area contributed by atoms with Crippen LogP contribution in [0, 0.1) is 5.92 Å². The Bertz CT molecular complexity index is 358. The fourth-order valence-electron chi connectivity index (χ4n) is 3.53. The van der Waals surface area contributed by atoms with E-state index in [4.69, 9.17) is 0 Å². The standard InChI is InChI=1S/C13H21N3O2/c17-12-4-2-6-16(12)13(18)9-15-5-1-3-10-7-14-8-11(10)15/h10-11,14H,1-9H2. The molecule has 0 radical (unpaired) electrons. The minimum Gasteiger partial charge on any atom is -0.315 e. The van der Waals surface area contributed by atoms with Crippen molar-refractivity contribution in [3.8, 4) is 0 Å². The van der Waals surface area contributed by atoms with E-state index in [1.165, 1.54) is 17.7 Å². The van der Waals surface area contributed by atoms with Gasteiger partial charge in [-0.05, 0) is 38.3 Å². The third-order valence-corrected chi connectivity index (χ3v) is 4.51. The van der Waals surface area contributed by atoms with Gasteiger partial charge in [0.1, 0.15) is 0 Å². The summed E-state index contributed by atoms with van der Waals surface area (Å²) < 4.78 is 0. The number of likely N-dealkylation sites (tertiary alicyclic amines) is 2. The van der Waals surface area contributed by atoms with Gasteiger partial charge in [-0.2, -0.15) is 0 Å². The van der Waals surface area contributed by atoms with Crippen molar-refractivity contribution < 1.29 is 9.59 Å². The maximum atomic E-state index is 12.2. The van der Waals surface area contributed by atoms with Crippen LogP contribution in [0.15, 0.2) is 0 Å². The van der Waals surface area contributed by atoms with Crippen molar-refractivity contribution >= 4 is 11.8 Å². The molecule has 3 fully saturated rings. The lowest BCUT2D eigenvalue weighted by Crippen LogP contribution is -2.50. The predicted molar refractivity (Wildman–Crippen MR) is 66.9 cm³/mol. The molecule has 0 aliphatic carbocycles. The van der Waals surface area contributed by atoms with E-state index in [0.29, 0.717) is 31.5 Å². The van der Waals surface area contributed by atoms with Crippen molar-refractivity contribution in [3.63, 3.8) is 0 Å². The average molecular weight is 251 g/mol. The Hall–Kier alpha value is -0.940. The van der Waals surface area contributed by atoms with E-state index in [0.717, 1.165) is 26.1 Å². The normalized spacial score (nSPS) is 32.9. The molecule has 0 bridgehead atoms. The first kappa shape index (κ1) is 12.1. The van der Waals surface area contributed by atoms with E-state index in [1.807, 2.05) is 0 Å². The molecule has 5 nitrogen and oxygen atoms in total. The third kappa shape index (κ3) is 2.17. The minimum atomic E-state index is 0.00468. The van der Waals surface area contributed by atoms with Crippen molar-refractivity contribution in [1.29, 1.82) is 0 Å². The van der Waals surface area contributed by atoms with Crippen LogP contribution in [-0.4, -0.2) is 60.4 Å². The number of carbonyl (C=O) groups excluding carboxylic acids is 2. The molecule has 3 heterocycles. The van der Waals surface area contributed by atoms with Gasteiger partial charge in [0.25, 0.3) is 0 Å². The monoisotopic (exact) mass is 251 g/mol. The molecule has 0 aromatic rings. The van der Waals surface area contributed by atoms with Crippen LogP contribution in [0.4, 0.5) is 0 Å². The Balaban J connectivity index is 1.61. The molecule has 0 aromatic heterocycles. The van der Waals surface area contributed by atoms with Crippen molar-refractivity contribution in [3.05, 3.63) is 0 Å². The first-order valence-corrected chi connectivity index (χ1v) is 7.03. The van der Waals surface area contributed by atoms with E-state index >= 15 is 0 Å². The van der Waals surface area contributed by atoms with Crippen LogP contribution in [0.3, 0.4) is 0 Å². The molecule has 100 valence electrons. The highest BCUT2D eigenvalue weighted by molar-refractivity contribution is 5.97. The molecule has 18 heavy (non-hydrogen) atoms. The van der Waals surface area contributed by atoms with Crippen molar-refractivity contribution in [2.75, 3.05) is 32.7 Å². The van der Waals surface area contributed by atoms with Crippen LogP contribution in [-0.2, 0) is 9.59 Å². The molecular formula is C13H21N3O2. The number of amides is 2. The predicted octanol–water partition coefficient (Wildman–Crippen LogP) is -0.181. The highest BCUT2D eigenvalue weighted by atomic mass is 16.2. The first-order chi connectivity index (χ1) is 8.75. The highest BCUT2D eigenvalue weighted by Crippen LogP contribution is 2.26. The Morgan fingerprint density at radius 3 is 2.94 bits per heavy atom. The number of hydrogen-bond donors (Lipinski definition) is 1. The second-order valence-corrected chi connectivity index (χ2v) is 5.64. The molecule has 0 aromatic carbocycles. The second-order valence-electron chi connectivity index (χ2n) is 5.64. The number of carbonyl (C=O) groups is 2. The largest absolute Gasteiger partial charge is 0.315 e. The summed E-state index contributed by atoms with van der Waals surface area (Å²) in [6, 6.07) is 0.500. The quantitative estimate of drug-likeness (QED) is 0.740. The topological polar surface area (TPSA) is 52.7 Å². The molecule has 3 rings (SSSR count). The van der Waals surface area contributed by atoms with Gasteiger partial charge in [-0.3, -0.25) is 19.4 Å². The maximum Gasteiger partial charge on any atom is 0.243 e. The van der Waals surface area contributed by atoms with Gasteiger partial charge in [0, 0.05) is 25.6 Å². The maximum absolute atomic E-state index is 12.2. The van der Waals surface area contributed by atoms with E-state index in [-0.39, 0.29) is 11.8 Å². The van der Waals surface area contributed by atoms with Gasteiger partial charge in [0.2, 0.25) is 11.8 Å². The Morgan fingerprint density at radius 2 is 2.17 bits per heavy atom. The Labute approximate surface area is 107 Å². The Kier molecular flexibility index (Phi) is 3.35. The van der Waals surface area contributed by atoms with Gasteiger partial charge in [-0.25, -0.2) is 0 Å². The van der Waals surface area contributed by atoms with Gasteiger partial charge >= 0.3 is 0 Å². The summed E-state index contributed by atoms with van der Waals surface area (Å²) in [5, 5.41) is 3.41. The zero-order valence-corrected chi connectivity index (χ0v) is 10.7. The minimum absolute atomic E-state index is 0.00468. The van der Waals surface area contributed by atoms with E-state index in [2.05, 4.69) is 10.2 Å².